The number of aromatic amines is 1. The number of H-pyrrole nitrogens is 1. The first-order chi connectivity index (χ1) is 22.9. The van der Waals surface area contributed by atoms with Gasteiger partial charge in [-0.1, -0.05) is 90.5 Å². The van der Waals surface area contributed by atoms with Gasteiger partial charge in [0, 0.05) is 51.7 Å². The second kappa shape index (κ2) is 12.5. The van der Waals surface area contributed by atoms with E-state index in [9.17, 15) is 19.5 Å². The largest absolute Gasteiger partial charge is 0.481 e. The Morgan fingerprint density at radius 3 is 2.19 bits per heavy atom. The fourth-order valence-electron chi connectivity index (χ4n) is 6.07. The van der Waals surface area contributed by atoms with Crippen molar-refractivity contribution in [3.63, 3.8) is 0 Å². The Balaban J connectivity index is 1.43. The highest BCUT2D eigenvalue weighted by molar-refractivity contribution is 6.31. The minimum atomic E-state index is -1.09. The van der Waals surface area contributed by atoms with Crippen molar-refractivity contribution in [2.75, 3.05) is 0 Å². The lowest BCUT2D eigenvalue weighted by atomic mass is 9.90. The van der Waals surface area contributed by atoms with Crippen LogP contribution in [-0.2, 0) is 9.59 Å². The number of carboxylic acids is 1. The van der Waals surface area contributed by atoms with Crippen molar-refractivity contribution >= 4 is 40.1 Å². The van der Waals surface area contributed by atoms with Gasteiger partial charge in [-0.2, -0.15) is 10.2 Å². The first-order valence-electron chi connectivity index (χ1n) is 15.1. The number of fused-ring (bicyclic) bond motifs is 1. The zero-order valence-electron chi connectivity index (χ0n) is 25.0. The summed E-state index contributed by atoms with van der Waals surface area (Å²) >= 11 is 6.45. The SMILES string of the molecule is O=C(O)CCC(=O)N1N=C(c2c(-c3ccccc3)c3cc(Cl)ccc3[nH]c2=O)CC1c1cn(-c2ccccc2)nc1-c1ccccc1. The highest BCUT2D eigenvalue weighted by Gasteiger charge is 2.38. The number of carboxylic acid groups (broad SMARTS) is 1. The number of carbonyl (C=O) groups excluding carboxylic acids is 1. The molecule has 0 fully saturated rings. The number of nitrogens with zero attached hydrogens (tertiary/aromatic N) is 4. The number of benzene rings is 4. The van der Waals surface area contributed by atoms with Crippen molar-refractivity contribution < 1.29 is 14.7 Å². The molecule has 1 aliphatic rings. The molecule has 2 N–H and O–H groups in total. The minimum absolute atomic E-state index is 0.189. The number of hydrazone groups is 1. The van der Waals surface area contributed by atoms with Gasteiger partial charge in [-0.15, -0.1) is 0 Å². The van der Waals surface area contributed by atoms with E-state index in [1.807, 2.05) is 97.2 Å². The number of hydrogen-bond donors (Lipinski definition) is 2. The molecule has 1 amide bonds. The maximum Gasteiger partial charge on any atom is 0.303 e. The van der Waals surface area contributed by atoms with Gasteiger partial charge in [-0.05, 0) is 35.9 Å². The Morgan fingerprint density at radius 1 is 0.851 bits per heavy atom. The van der Waals surface area contributed by atoms with Gasteiger partial charge in [0.05, 0.1) is 35.1 Å². The third kappa shape index (κ3) is 5.84. The van der Waals surface area contributed by atoms with Crippen LogP contribution in [-0.4, -0.2) is 42.5 Å². The molecule has 2 aromatic heterocycles. The monoisotopic (exact) mass is 641 g/mol. The van der Waals surface area contributed by atoms with E-state index >= 15 is 0 Å². The molecule has 0 radical (unpaired) electrons. The molecular formula is C37H28ClN5O4. The van der Waals surface area contributed by atoms with Crippen LogP contribution in [0.15, 0.2) is 125 Å². The summed E-state index contributed by atoms with van der Waals surface area (Å²) in [4.78, 5) is 42.2. The summed E-state index contributed by atoms with van der Waals surface area (Å²) in [5.41, 5.74) is 5.43. The van der Waals surface area contributed by atoms with Crippen LogP contribution in [0.3, 0.4) is 0 Å². The fourth-order valence-corrected chi connectivity index (χ4v) is 6.24. The molecule has 0 aliphatic carbocycles. The number of para-hydroxylation sites is 1. The van der Waals surface area contributed by atoms with Crippen molar-refractivity contribution in [2.45, 2.75) is 25.3 Å². The number of nitrogens with one attached hydrogen (secondary N) is 1. The number of amides is 1. The van der Waals surface area contributed by atoms with Gasteiger partial charge in [0.25, 0.3) is 5.56 Å². The molecule has 0 saturated carbocycles. The minimum Gasteiger partial charge on any atom is -0.481 e. The Morgan fingerprint density at radius 2 is 1.51 bits per heavy atom. The number of rotatable bonds is 8. The second-order valence-electron chi connectivity index (χ2n) is 11.2. The summed E-state index contributed by atoms with van der Waals surface area (Å²) in [6.07, 6.45) is 1.45. The van der Waals surface area contributed by atoms with Crippen LogP contribution in [0.4, 0.5) is 0 Å². The van der Waals surface area contributed by atoms with Crippen LogP contribution in [0.25, 0.3) is 39.0 Å². The van der Waals surface area contributed by atoms with Crippen LogP contribution < -0.4 is 5.56 Å². The first kappa shape index (κ1) is 29.9. The Hall–Kier alpha value is -5.80. The van der Waals surface area contributed by atoms with E-state index in [-0.39, 0.29) is 24.8 Å². The number of pyridine rings is 1. The van der Waals surface area contributed by atoms with E-state index in [1.54, 1.807) is 22.9 Å². The topological polar surface area (TPSA) is 121 Å². The predicted molar refractivity (Wildman–Crippen MR) is 182 cm³/mol. The van der Waals surface area contributed by atoms with Crippen molar-refractivity contribution in [1.82, 2.24) is 19.8 Å². The van der Waals surface area contributed by atoms with Crippen molar-refractivity contribution in [3.05, 3.63) is 142 Å². The molecule has 232 valence electrons. The van der Waals surface area contributed by atoms with E-state index < -0.39 is 17.9 Å². The predicted octanol–water partition coefficient (Wildman–Crippen LogP) is 7.24. The molecule has 1 aliphatic heterocycles. The highest BCUT2D eigenvalue weighted by Crippen LogP contribution is 2.41. The maximum absolute atomic E-state index is 13.9. The zero-order chi connectivity index (χ0) is 32.5. The molecule has 4 aromatic carbocycles. The van der Waals surface area contributed by atoms with Crippen molar-refractivity contribution in [1.29, 1.82) is 0 Å². The quantitative estimate of drug-likeness (QED) is 0.181. The number of aliphatic carboxylic acids is 1. The molecule has 6 aromatic rings. The molecule has 0 bridgehead atoms. The van der Waals surface area contributed by atoms with Crippen LogP contribution in [0.1, 0.15) is 36.4 Å². The Labute approximate surface area is 274 Å². The van der Waals surface area contributed by atoms with Crippen LogP contribution in [0, 0.1) is 0 Å². The lowest BCUT2D eigenvalue weighted by Gasteiger charge is -2.21. The molecule has 3 heterocycles. The first-order valence-corrected chi connectivity index (χ1v) is 15.5. The van der Waals surface area contributed by atoms with Crippen LogP contribution >= 0.6 is 11.6 Å². The summed E-state index contributed by atoms with van der Waals surface area (Å²) in [5.74, 6) is -1.56. The third-order valence-corrected chi connectivity index (χ3v) is 8.45. The van der Waals surface area contributed by atoms with E-state index in [0.717, 1.165) is 22.2 Å². The van der Waals surface area contributed by atoms with Crippen LogP contribution in [0.2, 0.25) is 5.02 Å². The summed E-state index contributed by atoms with van der Waals surface area (Å²) < 4.78 is 1.76. The number of halogens is 1. The van der Waals surface area contributed by atoms with E-state index in [1.165, 1.54) is 5.01 Å². The summed E-state index contributed by atoms with van der Waals surface area (Å²) in [7, 11) is 0. The molecule has 1 atom stereocenters. The summed E-state index contributed by atoms with van der Waals surface area (Å²) in [6.45, 7) is 0. The Bertz CT molecular complexity index is 2210. The maximum atomic E-state index is 13.9. The second-order valence-corrected chi connectivity index (χ2v) is 11.7. The lowest BCUT2D eigenvalue weighted by Crippen LogP contribution is -2.27. The zero-order valence-corrected chi connectivity index (χ0v) is 25.8. The molecule has 9 nitrogen and oxygen atoms in total. The number of hydrogen-bond acceptors (Lipinski definition) is 5. The number of aromatic nitrogens is 3. The third-order valence-electron chi connectivity index (χ3n) is 8.22. The van der Waals surface area contributed by atoms with E-state index in [4.69, 9.17) is 21.8 Å². The average molecular weight is 642 g/mol. The van der Waals surface area contributed by atoms with Gasteiger partial charge >= 0.3 is 5.97 Å². The van der Waals surface area contributed by atoms with Crippen molar-refractivity contribution in [2.24, 2.45) is 5.10 Å². The lowest BCUT2D eigenvalue weighted by molar-refractivity contribution is -0.141. The highest BCUT2D eigenvalue weighted by atomic mass is 35.5. The summed E-state index contributed by atoms with van der Waals surface area (Å²) in [5, 5.41) is 21.7. The smallest absolute Gasteiger partial charge is 0.303 e. The molecule has 1 unspecified atom stereocenters. The van der Waals surface area contributed by atoms with Crippen LogP contribution in [0.5, 0.6) is 0 Å². The van der Waals surface area contributed by atoms with Crippen molar-refractivity contribution in [3.8, 4) is 28.1 Å². The molecule has 10 heteroatoms. The molecular weight excluding hydrogens is 614 g/mol. The molecule has 0 saturated heterocycles. The molecule has 7 rings (SSSR count). The van der Waals surface area contributed by atoms with Gasteiger partial charge in [-0.3, -0.25) is 14.4 Å². The average Bonchev–Trinajstić information content (AvgIpc) is 3.73. The van der Waals surface area contributed by atoms with Gasteiger partial charge in [0.2, 0.25) is 5.91 Å². The Kier molecular flexibility index (Phi) is 7.97. The van der Waals surface area contributed by atoms with E-state index in [2.05, 4.69) is 4.98 Å². The standard InChI is InChI=1S/C37H28ClN5O4/c38-25-16-17-29-27(20-25)34(23-10-4-1-5-11-23)35(37(47)39-29)30-21-31(43(40-30)32(44)18-19-33(45)46)28-22-42(26-14-8-3-9-15-26)41-36(28)24-12-6-2-7-13-24/h1-17,20,22,31H,18-19,21H2,(H,39,47)(H,45,46). The normalized spacial score (nSPS) is 14.4. The summed E-state index contributed by atoms with van der Waals surface area (Å²) in [6, 6.07) is 33.4. The molecule has 47 heavy (non-hydrogen) atoms. The van der Waals surface area contributed by atoms with Gasteiger partial charge < -0.3 is 10.1 Å². The molecule has 0 spiro atoms. The van der Waals surface area contributed by atoms with E-state index in [0.29, 0.717) is 38.6 Å². The van der Waals surface area contributed by atoms with Gasteiger partial charge in [0.15, 0.2) is 0 Å². The fraction of sp³-hybridized carbons (Fsp3) is 0.108. The number of carbonyl (C=O) groups is 2. The van der Waals surface area contributed by atoms with Gasteiger partial charge in [0.1, 0.15) is 0 Å². The van der Waals surface area contributed by atoms with Gasteiger partial charge in [-0.25, -0.2) is 9.69 Å².